The summed E-state index contributed by atoms with van der Waals surface area (Å²) in [6.07, 6.45) is 0.656. The number of benzene rings is 1. The fourth-order valence-electron chi connectivity index (χ4n) is 1.29. The van der Waals surface area contributed by atoms with Crippen molar-refractivity contribution < 1.29 is 4.79 Å². The van der Waals surface area contributed by atoms with Gasteiger partial charge in [-0.1, -0.05) is 30.3 Å². The minimum atomic E-state index is -0.601. The molecule has 1 rings (SSSR count). The van der Waals surface area contributed by atoms with Gasteiger partial charge in [-0.3, -0.25) is 4.79 Å². The van der Waals surface area contributed by atoms with E-state index in [0.29, 0.717) is 13.0 Å². The standard InChI is InChI=1S/C13H16N2O/c1-2-3-7-10-15-13(16)12(14)11-8-5-4-6-9-11/h4-6,8-9,12H,7,10,14H2,1H3,(H,15,16)/t12-/m0/s1. The van der Waals surface area contributed by atoms with Crippen LogP contribution >= 0.6 is 0 Å². The molecule has 0 aliphatic heterocycles. The molecule has 0 aliphatic carbocycles. The first-order valence-corrected chi connectivity index (χ1v) is 5.23. The molecule has 0 heterocycles. The van der Waals surface area contributed by atoms with Gasteiger partial charge in [0.15, 0.2) is 0 Å². The van der Waals surface area contributed by atoms with Crippen molar-refractivity contribution in [1.82, 2.24) is 5.32 Å². The maximum Gasteiger partial charge on any atom is 0.241 e. The van der Waals surface area contributed by atoms with Crippen molar-refractivity contribution in [2.75, 3.05) is 6.54 Å². The molecular formula is C13H16N2O. The number of hydrogen-bond donors (Lipinski definition) is 2. The van der Waals surface area contributed by atoms with Crippen molar-refractivity contribution in [3.05, 3.63) is 35.9 Å². The number of amides is 1. The van der Waals surface area contributed by atoms with Gasteiger partial charge in [-0.25, -0.2) is 0 Å². The molecule has 0 aliphatic rings. The van der Waals surface area contributed by atoms with Crippen LogP contribution in [0.3, 0.4) is 0 Å². The number of nitrogens with one attached hydrogen (secondary N) is 1. The summed E-state index contributed by atoms with van der Waals surface area (Å²) in [5.74, 6) is 5.48. The monoisotopic (exact) mass is 216 g/mol. The van der Waals surface area contributed by atoms with E-state index < -0.39 is 6.04 Å². The van der Waals surface area contributed by atoms with Crippen molar-refractivity contribution in [3.63, 3.8) is 0 Å². The number of rotatable bonds is 4. The van der Waals surface area contributed by atoms with Gasteiger partial charge in [0.2, 0.25) is 5.91 Å². The van der Waals surface area contributed by atoms with Gasteiger partial charge >= 0.3 is 0 Å². The second kappa shape index (κ2) is 6.65. The van der Waals surface area contributed by atoms with Gasteiger partial charge in [-0.05, 0) is 12.5 Å². The van der Waals surface area contributed by atoms with E-state index in [4.69, 9.17) is 5.73 Å². The highest BCUT2D eigenvalue weighted by molar-refractivity contribution is 5.82. The van der Waals surface area contributed by atoms with Crippen LogP contribution in [-0.4, -0.2) is 12.5 Å². The molecular weight excluding hydrogens is 200 g/mol. The molecule has 1 aromatic rings. The Morgan fingerprint density at radius 2 is 2.12 bits per heavy atom. The van der Waals surface area contributed by atoms with Crippen LogP contribution in [0.1, 0.15) is 24.9 Å². The predicted octanol–water partition coefficient (Wildman–Crippen LogP) is 1.22. The number of hydrogen-bond acceptors (Lipinski definition) is 2. The minimum absolute atomic E-state index is 0.163. The fraction of sp³-hybridized carbons (Fsp3) is 0.308. The fourth-order valence-corrected chi connectivity index (χ4v) is 1.29. The van der Waals surface area contributed by atoms with Crippen LogP contribution in [0.5, 0.6) is 0 Å². The molecule has 0 bridgehead atoms. The molecule has 1 atom stereocenters. The first-order valence-electron chi connectivity index (χ1n) is 5.23. The van der Waals surface area contributed by atoms with E-state index in [1.54, 1.807) is 6.92 Å². The smallest absolute Gasteiger partial charge is 0.241 e. The maximum absolute atomic E-state index is 11.6. The van der Waals surface area contributed by atoms with Gasteiger partial charge in [-0.2, -0.15) is 0 Å². The van der Waals surface area contributed by atoms with Crippen LogP contribution in [0.15, 0.2) is 30.3 Å². The first-order chi connectivity index (χ1) is 7.75. The summed E-state index contributed by atoms with van der Waals surface area (Å²) < 4.78 is 0. The van der Waals surface area contributed by atoms with Crippen molar-refractivity contribution in [2.45, 2.75) is 19.4 Å². The second-order valence-corrected chi connectivity index (χ2v) is 3.36. The Morgan fingerprint density at radius 1 is 1.44 bits per heavy atom. The lowest BCUT2D eigenvalue weighted by atomic mass is 10.1. The zero-order chi connectivity index (χ0) is 11.8. The molecule has 0 fully saturated rings. The molecule has 1 amide bonds. The van der Waals surface area contributed by atoms with E-state index in [1.165, 1.54) is 0 Å². The zero-order valence-electron chi connectivity index (χ0n) is 9.36. The second-order valence-electron chi connectivity index (χ2n) is 3.36. The molecule has 1 aromatic carbocycles. The molecule has 3 N–H and O–H groups in total. The first kappa shape index (κ1) is 12.3. The van der Waals surface area contributed by atoms with Crippen molar-refractivity contribution in [3.8, 4) is 11.8 Å². The van der Waals surface area contributed by atoms with Gasteiger partial charge < -0.3 is 11.1 Å². The number of carbonyl (C=O) groups is 1. The van der Waals surface area contributed by atoms with Crippen LogP contribution in [0.25, 0.3) is 0 Å². The van der Waals surface area contributed by atoms with E-state index in [1.807, 2.05) is 30.3 Å². The Kier molecular flexibility index (Phi) is 5.10. The quantitative estimate of drug-likeness (QED) is 0.587. The molecule has 0 saturated heterocycles. The summed E-state index contributed by atoms with van der Waals surface area (Å²) in [7, 11) is 0. The maximum atomic E-state index is 11.6. The molecule has 3 nitrogen and oxygen atoms in total. The highest BCUT2D eigenvalue weighted by Crippen LogP contribution is 2.08. The van der Waals surface area contributed by atoms with Crippen LogP contribution in [0.2, 0.25) is 0 Å². The summed E-state index contributed by atoms with van der Waals surface area (Å²) in [5, 5.41) is 2.75. The zero-order valence-corrected chi connectivity index (χ0v) is 9.36. The molecule has 16 heavy (non-hydrogen) atoms. The third-order valence-corrected chi connectivity index (χ3v) is 2.17. The molecule has 3 heteroatoms. The molecule has 0 spiro atoms. The van der Waals surface area contributed by atoms with Crippen molar-refractivity contribution in [1.29, 1.82) is 0 Å². The van der Waals surface area contributed by atoms with Gasteiger partial charge in [0.05, 0.1) is 0 Å². The third-order valence-electron chi connectivity index (χ3n) is 2.17. The molecule has 0 unspecified atom stereocenters. The summed E-state index contributed by atoms with van der Waals surface area (Å²) in [6, 6.07) is 8.71. The van der Waals surface area contributed by atoms with Crippen LogP contribution < -0.4 is 11.1 Å². The lowest BCUT2D eigenvalue weighted by molar-refractivity contribution is -0.122. The number of nitrogens with two attached hydrogens (primary N) is 1. The largest absolute Gasteiger partial charge is 0.353 e. The summed E-state index contributed by atoms with van der Waals surface area (Å²) in [5.41, 5.74) is 6.63. The van der Waals surface area contributed by atoms with Gasteiger partial charge in [0, 0.05) is 13.0 Å². The van der Waals surface area contributed by atoms with Crippen molar-refractivity contribution >= 4 is 5.91 Å². The Hall–Kier alpha value is -1.79. The van der Waals surface area contributed by atoms with Crippen LogP contribution in [-0.2, 0) is 4.79 Å². The van der Waals surface area contributed by atoms with E-state index in [2.05, 4.69) is 17.2 Å². The lowest BCUT2D eigenvalue weighted by Crippen LogP contribution is -2.34. The summed E-state index contributed by atoms with van der Waals surface area (Å²) in [6.45, 7) is 2.32. The van der Waals surface area contributed by atoms with Crippen LogP contribution in [0, 0.1) is 11.8 Å². The highest BCUT2D eigenvalue weighted by atomic mass is 16.2. The predicted molar refractivity (Wildman–Crippen MR) is 64.4 cm³/mol. The minimum Gasteiger partial charge on any atom is -0.353 e. The Morgan fingerprint density at radius 3 is 2.75 bits per heavy atom. The van der Waals surface area contributed by atoms with E-state index in [0.717, 1.165) is 5.56 Å². The SMILES string of the molecule is CC#CCCNC(=O)[C@@H](N)c1ccccc1. The average Bonchev–Trinajstić information content (AvgIpc) is 2.34. The van der Waals surface area contributed by atoms with E-state index >= 15 is 0 Å². The number of carbonyl (C=O) groups excluding carboxylic acids is 1. The summed E-state index contributed by atoms with van der Waals surface area (Å²) in [4.78, 5) is 11.6. The van der Waals surface area contributed by atoms with Gasteiger partial charge in [-0.15, -0.1) is 11.8 Å². The summed E-state index contributed by atoms with van der Waals surface area (Å²) >= 11 is 0. The Balaban J connectivity index is 2.44. The Bertz CT molecular complexity index is 389. The van der Waals surface area contributed by atoms with Gasteiger partial charge in [0.1, 0.15) is 6.04 Å². The average molecular weight is 216 g/mol. The lowest BCUT2D eigenvalue weighted by Gasteiger charge is -2.11. The molecule has 0 aromatic heterocycles. The van der Waals surface area contributed by atoms with E-state index in [9.17, 15) is 4.79 Å². The molecule has 84 valence electrons. The van der Waals surface area contributed by atoms with E-state index in [-0.39, 0.29) is 5.91 Å². The van der Waals surface area contributed by atoms with Crippen molar-refractivity contribution in [2.24, 2.45) is 5.73 Å². The molecule has 0 radical (unpaired) electrons. The topological polar surface area (TPSA) is 55.1 Å². The Labute approximate surface area is 96.0 Å². The van der Waals surface area contributed by atoms with Gasteiger partial charge in [0.25, 0.3) is 0 Å². The molecule has 0 saturated carbocycles. The third kappa shape index (κ3) is 3.76. The normalized spacial score (nSPS) is 11.1. The van der Waals surface area contributed by atoms with Crippen LogP contribution in [0.4, 0.5) is 0 Å². The highest BCUT2D eigenvalue weighted by Gasteiger charge is 2.13.